The highest BCUT2D eigenvalue weighted by atomic mass is 79.9. The molecule has 0 aliphatic rings. The van der Waals surface area contributed by atoms with Gasteiger partial charge in [-0.15, -0.1) is 0 Å². The molecular weight excluding hydrogens is 320 g/mol. The van der Waals surface area contributed by atoms with Crippen LogP contribution in [0.1, 0.15) is 21.7 Å². The van der Waals surface area contributed by atoms with E-state index in [0.29, 0.717) is 10.4 Å². The van der Waals surface area contributed by atoms with Crippen molar-refractivity contribution in [2.24, 2.45) is 0 Å². The van der Waals surface area contributed by atoms with Gasteiger partial charge in [0.15, 0.2) is 10.4 Å². The predicted molar refractivity (Wildman–Crippen MR) is 82.1 cm³/mol. The number of carbonyl (C=O) groups is 1. The van der Waals surface area contributed by atoms with Crippen LogP contribution in [0.15, 0.2) is 39.5 Å². The van der Waals surface area contributed by atoms with Gasteiger partial charge in [0.05, 0.1) is 0 Å². The SMILES string of the molecule is Cc1cc2cc[nH]c2cc1NC(=O)c1oc(Br)cc1C. The minimum absolute atomic E-state index is 0.248. The number of rotatable bonds is 2. The first-order valence-corrected chi connectivity index (χ1v) is 6.99. The molecule has 1 amide bonds. The molecule has 0 aliphatic carbocycles. The van der Waals surface area contributed by atoms with Gasteiger partial charge in [-0.1, -0.05) is 0 Å². The zero-order valence-corrected chi connectivity index (χ0v) is 12.7. The predicted octanol–water partition coefficient (Wildman–Crippen LogP) is 4.39. The smallest absolute Gasteiger partial charge is 0.291 e. The number of fused-ring (bicyclic) bond motifs is 1. The number of hydrogen-bond acceptors (Lipinski definition) is 2. The highest BCUT2D eigenvalue weighted by Gasteiger charge is 2.16. The maximum absolute atomic E-state index is 12.2. The third kappa shape index (κ3) is 2.25. The Balaban J connectivity index is 1.94. The molecule has 0 fully saturated rings. The van der Waals surface area contributed by atoms with Crippen molar-refractivity contribution in [3.05, 3.63) is 52.0 Å². The summed E-state index contributed by atoms with van der Waals surface area (Å²) < 4.78 is 5.91. The molecule has 5 heteroatoms. The van der Waals surface area contributed by atoms with Crippen molar-refractivity contribution in [1.82, 2.24) is 4.98 Å². The van der Waals surface area contributed by atoms with E-state index in [4.69, 9.17) is 4.42 Å². The fourth-order valence-corrected chi connectivity index (χ4v) is 2.70. The molecule has 4 nitrogen and oxygen atoms in total. The lowest BCUT2D eigenvalue weighted by molar-refractivity contribution is 0.0994. The monoisotopic (exact) mass is 332 g/mol. The molecule has 0 aliphatic heterocycles. The Morgan fingerprint density at radius 2 is 2.05 bits per heavy atom. The fourth-order valence-electron chi connectivity index (χ4n) is 2.20. The molecule has 1 aromatic carbocycles. The van der Waals surface area contributed by atoms with Gasteiger partial charge in [0.25, 0.3) is 5.91 Å². The number of benzene rings is 1. The number of amides is 1. The summed E-state index contributed by atoms with van der Waals surface area (Å²) in [6, 6.07) is 7.74. The molecule has 2 heterocycles. The molecule has 0 atom stereocenters. The second-order valence-corrected chi connectivity index (χ2v) is 5.53. The van der Waals surface area contributed by atoms with Crippen molar-refractivity contribution >= 4 is 38.4 Å². The molecule has 0 radical (unpaired) electrons. The molecule has 0 bridgehead atoms. The molecular formula is C15H13BrN2O2. The summed E-state index contributed by atoms with van der Waals surface area (Å²) in [6.07, 6.45) is 1.88. The van der Waals surface area contributed by atoms with Gasteiger partial charge in [-0.05, 0) is 65.0 Å². The van der Waals surface area contributed by atoms with Crippen molar-refractivity contribution in [2.75, 3.05) is 5.32 Å². The summed E-state index contributed by atoms with van der Waals surface area (Å²) >= 11 is 3.23. The average molecular weight is 333 g/mol. The Kier molecular flexibility index (Phi) is 3.14. The van der Waals surface area contributed by atoms with Gasteiger partial charge >= 0.3 is 0 Å². The lowest BCUT2D eigenvalue weighted by Crippen LogP contribution is -2.13. The maximum atomic E-state index is 12.2. The lowest BCUT2D eigenvalue weighted by Gasteiger charge is -2.08. The van der Waals surface area contributed by atoms with Gasteiger partial charge in [-0.3, -0.25) is 4.79 Å². The summed E-state index contributed by atoms with van der Waals surface area (Å²) in [6.45, 7) is 3.80. The molecule has 0 saturated carbocycles. The Hall–Kier alpha value is -2.01. The third-order valence-electron chi connectivity index (χ3n) is 3.24. The van der Waals surface area contributed by atoms with Gasteiger partial charge in [0.2, 0.25) is 0 Å². The average Bonchev–Trinajstić information content (AvgIpc) is 2.95. The van der Waals surface area contributed by atoms with Crippen molar-refractivity contribution in [3.63, 3.8) is 0 Å². The number of hydrogen-bond donors (Lipinski definition) is 2. The zero-order chi connectivity index (χ0) is 14.3. The molecule has 3 aromatic rings. The second-order valence-electron chi connectivity index (χ2n) is 4.75. The molecule has 2 aromatic heterocycles. The minimum Gasteiger partial charge on any atom is -0.444 e. The highest BCUT2D eigenvalue weighted by molar-refractivity contribution is 9.10. The van der Waals surface area contributed by atoms with Gasteiger partial charge < -0.3 is 14.7 Å². The highest BCUT2D eigenvalue weighted by Crippen LogP contribution is 2.25. The number of aromatic amines is 1. The van der Waals surface area contributed by atoms with E-state index in [-0.39, 0.29) is 5.91 Å². The van der Waals surface area contributed by atoms with Crippen LogP contribution in [0, 0.1) is 13.8 Å². The molecule has 0 spiro atoms. The van der Waals surface area contributed by atoms with Crippen LogP contribution < -0.4 is 5.32 Å². The summed E-state index contributed by atoms with van der Waals surface area (Å²) in [4.78, 5) is 15.4. The van der Waals surface area contributed by atoms with Crippen LogP contribution in [0.3, 0.4) is 0 Å². The molecule has 2 N–H and O–H groups in total. The number of carbonyl (C=O) groups excluding carboxylic acids is 1. The van der Waals surface area contributed by atoms with Crippen molar-refractivity contribution in [2.45, 2.75) is 13.8 Å². The third-order valence-corrected chi connectivity index (χ3v) is 3.63. The van der Waals surface area contributed by atoms with Crippen molar-refractivity contribution < 1.29 is 9.21 Å². The molecule has 0 saturated heterocycles. The summed E-state index contributed by atoms with van der Waals surface area (Å²) in [5.74, 6) is 0.0741. The van der Waals surface area contributed by atoms with Crippen LogP contribution in [-0.2, 0) is 0 Å². The van der Waals surface area contributed by atoms with E-state index in [2.05, 4.69) is 26.2 Å². The maximum Gasteiger partial charge on any atom is 0.291 e. The number of furan rings is 1. The zero-order valence-electron chi connectivity index (χ0n) is 11.1. The van der Waals surface area contributed by atoms with Gasteiger partial charge in [-0.25, -0.2) is 0 Å². The largest absolute Gasteiger partial charge is 0.444 e. The van der Waals surface area contributed by atoms with E-state index in [1.54, 1.807) is 6.07 Å². The van der Waals surface area contributed by atoms with Gasteiger partial charge in [0.1, 0.15) is 0 Å². The van der Waals surface area contributed by atoms with Crippen LogP contribution in [0.4, 0.5) is 5.69 Å². The van der Waals surface area contributed by atoms with Crippen LogP contribution >= 0.6 is 15.9 Å². The summed E-state index contributed by atoms with van der Waals surface area (Å²) in [7, 11) is 0. The van der Waals surface area contributed by atoms with E-state index in [1.165, 1.54) is 0 Å². The first-order valence-electron chi connectivity index (χ1n) is 6.19. The molecule has 20 heavy (non-hydrogen) atoms. The number of aromatic nitrogens is 1. The first-order chi connectivity index (χ1) is 9.54. The number of halogens is 1. The van der Waals surface area contributed by atoms with Gasteiger partial charge in [0, 0.05) is 23.0 Å². The molecule has 0 unspecified atom stereocenters. The van der Waals surface area contributed by atoms with Crippen LogP contribution in [0.25, 0.3) is 10.9 Å². The number of nitrogens with one attached hydrogen (secondary N) is 2. The van der Waals surface area contributed by atoms with E-state index < -0.39 is 0 Å². The van der Waals surface area contributed by atoms with Gasteiger partial charge in [-0.2, -0.15) is 0 Å². The summed E-state index contributed by atoms with van der Waals surface area (Å²) in [5, 5.41) is 4.01. The normalized spacial score (nSPS) is 10.9. The number of anilines is 1. The topological polar surface area (TPSA) is 58.0 Å². The van der Waals surface area contributed by atoms with Crippen LogP contribution in [-0.4, -0.2) is 10.9 Å². The van der Waals surface area contributed by atoms with E-state index >= 15 is 0 Å². The number of aryl methyl sites for hydroxylation is 2. The quantitative estimate of drug-likeness (QED) is 0.731. The summed E-state index contributed by atoms with van der Waals surface area (Å²) in [5.41, 5.74) is 3.57. The van der Waals surface area contributed by atoms with E-state index in [9.17, 15) is 4.79 Å². The Morgan fingerprint density at radius 3 is 2.75 bits per heavy atom. The minimum atomic E-state index is -0.248. The molecule has 3 rings (SSSR count). The Labute approximate surface area is 124 Å². The Bertz CT molecular complexity index is 801. The second kappa shape index (κ2) is 4.83. The van der Waals surface area contributed by atoms with Crippen molar-refractivity contribution in [1.29, 1.82) is 0 Å². The fraction of sp³-hybridized carbons (Fsp3) is 0.133. The van der Waals surface area contributed by atoms with E-state index in [0.717, 1.165) is 27.7 Å². The van der Waals surface area contributed by atoms with Crippen molar-refractivity contribution in [3.8, 4) is 0 Å². The first kappa shape index (κ1) is 13.0. The van der Waals surface area contributed by atoms with Crippen LogP contribution in [0.2, 0.25) is 0 Å². The lowest BCUT2D eigenvalue weighted by atomic mass is 10.1. The molecule has 102 valence electrons. The number of H-pyrrole nitrogens is 1. The van der Waals surface area contributed by atoms with E-state index in [1.807, 2.05) is 38.2 Å². The Morgan fingerprint density at radius 1 is 1.25 bits per heavy atom. The van der Waals surface area contributed by atoms with Crippen LogP contribution in [0.5, 0.6) is 0 Å². The standard InChI is InChI=1S/C15H13BrN2O2/c1-8-5-10-3-4-17-12(10)7-11(8)18-15(19)14-9(2)6-13(16)20-14/h3-7,17H,1-2H3,(H,18,19).